The minimum absolute atomic E-state index is 0.0529. The molecule has 3 amide bonds. The van der Waals surface area contributed by atoms with Crippen LogP contribution in [0.4, 0.5) is 0 Å². The van der Waals surface area contributed by atoms with Crippen molar-refractivity contribution in [3.8, 4) is 0 Å². The SMILES string of the molecule is O=C(CCN1C(=O)c2cccnc2C1=O)N1CC=C(c2ccccc2)CC1. The van der Waals surface area contributed by atoms with Crippen molar-refractivity contribution in [2.75, 3.05) is 19.6 Å². The van der Waals surface area contributed by atoms with Gasteiger partial charge in [0.2, 0.25) is 5.91 Å². The summed E-state index contributed by atoms with van der Waals surface area (Å²) in [5.41, 5.74) is 2.90. The number of carbonyl (C=O) groups is 3. The Bertz CT molecular complexity index is 902. The molecule has 2 aromatic rings. The predicted molar refractivity (Wildman–Crippen MR) is 99.8 cm³/mol. The quantitative estimate of drug-likeness (QED) is 0.784. The summed E-state index contributed by atoms with van der Waals surface area (Å²) in [6.45, 7) is 1.27. The molecule has 0 radical (unpaired) electrons. The van der Waals surface area contributed by atoms with E-state index in [-0.39, 0.29) is 30.5 Å². The van der Waals surface area contributed by atoms with Gasteiger partial charge >= 0.3 is 0 Å². The molecule has 0 spiro atoms. The van der Waals surface area contributed by atoms with Crippen LogP contribution in [0.15, 0.2) is 54.7 Å². The highest BCUT2D eigenvalue weighted by atomic mass is 16.2. The zero-order valence-electron chi connectivity index (χ0n) is 14.8. The summed E-state index contributed by atoms with van der Waals surface area (Å²) in [6, 6.07) is 13.3. The molecule has 27 heavy (non-hydrogen) atoms. The highest BCUT2D eigenvalue weighted by molar-refractivity contribution is 6.20. The second-order valence-electron chi connectivity index (χ2n) is 6.60. The van der Waals surface area contributed by atoms with Crippen LogP contribution in [0.2, 0.25) is 0 Å². The van der Waals surface area contributed by atoms with Gasteiger partial charge in [-0.3, -0.25) is 24.3 Å². The average molecular weight is 361 g/mol. The lowest BCUT2D eigenvalue weighted by molar-refractivity contribution is -0.130. The molecule has 0 N–H and O–H groups in total. The number of hydrogen-bond donors (Lipinski definition) is 0. The smallest absolute Gasteiger partial charge is 0.280 e. The highest BCUT2D eigenvalue weighted by Crippen LogP contribution is 2.23. The molecule has 0 unspecified atom stereocenters. The van der Waals surface area contributed by atoms with Crippen LogP contribution >= 0.6 is 0 Å². The van der Waals surface area contributed by atoms with Gasteiger partial charge in [0.1, 0.15) is 5.69 Å². The predicted octanol–water partition coefficient (Wildman–Crippen LogP) is 2.38. The summed E-state index contributed by atoms with van der Waals surface area (Å²) in [6.07, 6.45) is 4.48. The van der Waals surface area contributed by atoms with Crippen LogP contribution in [-0.4, -0.2) is 52.1 Å². The van der Waals surface area contributed by atoms with Gasteiger partial charge in [0, 0.05) is 32.3 Å². The lowest BCUT2D eigenvalue weighted by Crippen LogP contribution is -2.38. The van der Waals surface area contributed by atoms with E-state index in [4.69, 9.17) is 0 Å². The molecule has 3 heterocycles. The summed E-state index contributed by atoms with van der Waals surface area (Å²) in [7, 11) is 0. The van der Waals surface area contributed by atoms with Gasteiger partial charge in [-0.25, -0.2) is 0 Å². The van der Waals surface area contributed by atoms with Crippen molar-refractivity contribution in [2.45, 2.75) is 12.8 Å². The summed E-state index contributed by atoms with van der Waals surface area (Å²) < 4.78 is 0. The number of carbonyl (C=O) groups excluding carboxylic acids is 3. The Morgan fingerprint density at radius 3 is 2.56 bits per heavy atom. The molecule has 0 saturated heterocycles. The monoisotopic (exact) mass is 361 g/mol. The molecule has 6 nitrogen and oxygen atoms in total. The normalized spacial score (nSPS) is 16.4. The fourth-order valence-corrected chi connectivity index (χ4v) is 3.49. The van der Waals surface area contributed by atoms with E-state index >= 15 is 0 Å². The summed E-state index contributed by atoms with van der Waals surface area (Å²) in [5.74, 6) is -0.850. The molecule has 0 aliphatic carbocycles. The van der Waals surface area contributed by atoms with E-state index in [1.165, 1.54) is 17.3 Å². The molecule has 136 valence electrons. The number of aromatic nitrogens is 1. The van der Waals surface area contributed by atoms with Gasteiger partial charge in [0.15, 0.2) is 0 Å². The zero-order chi connectivity index (χ0) is 18.8. The van der Waals surface area contributed by atoms with E-state index in [2.05, 4.69) is 23.2 Å². The van der Waals surface area contributed by atoms with Crippen LogP contribution in [0, 0.1) is 0 Å². The third kappa shape index (κ3) is 3.26. The molecule has 0 saturated carbocycles. The fraction of sp³-hybridized carbons (Fsp3) is 0.238. The molecule has 6 heteroatoms. The second-order valence-corrected chi connectivity index (χ2v) is 6.60. The van der Waals surface area contributed by atoms with Crippen molar-refractivity contribution in [3.63, 3.8) is 0 Å². The van der Waals surface area contributed by atoms with E-state index in [1.807, 2.05) is 18.2 Å². The first-order valence-electron chi connectivity index (χ1n) is 8.98. The van der Waals surface area contributed by atoms with E-state index in [0.717, 1.165) is 11.3 Å². The van der Waals surface area contributed by atoms with Gasteiger partial charge in [-0.1, -0.05) is 36.4 Å². The van der Waals surface area contributed by atoms with Crippen molar-refractivity contribution in [3.05, 3.63) is 71.6 Å². The van der Waals surface area contributed by atoms with Gasteiger partial charge in [0.25, 0.3) is 11.8 Å². The van der Waals surface area contributed by atoms with Crippen LogP contribution in [0.1, 0.15) is 39.3 Å². The molecule has 1 aromatic carbocycles. The molecule has 2 aliphatic rings. The molecule has 4 rings (SSSR count). The first-order chi connectivity index (χ1) is 13.1. The fourth-order valence-electron chi connectivity index (χ4n) is 3.49. The molecule has 0 bridgehead atoms. The maximum Gasteiger partial charge on any atom is 0.280 e. The van der Waals surface area contributed by atoms with Crippen LogP contribution < -0.4 is 0 Å². The van der Waals surface area contributed by atoms with E-state index in [0.29, 0.717) is 18.7 Å². The Balaban J connectivity index is 1.35. The number of amides is 3. The first-order valence-corrected chi connectivity index (χ1v) is 8.98. The lowest BCUT2D eigenvalue weighted by atomic mass is 9.99. The average Bonchev–Trinajstić information content (AvgIpc) is 2.97. The van der Waals surface area contributed by atoms with Gasteiger partial charge in [-0.05, 0) is 29.7 Å². The number of nitrogens with zero attached hydrogens (tertiary/aromatic N) is 3. The Morgan fingerprint density at radius 2 is 1.85 bits per heavy atom. The number of fused-ring (bicyclic) bond motifs is 1. The van der Waals surface area contributed by atoms with Crippen molar-refractivity contribution in [1.82, 2.24) is 14.8 Å². The second kappa shape index (κ2) is 7.15. The number of pyridine rings is 1. The Labute approximate surface area is 157 Å². The molecular formula is C21H19N3O3. The van der Waals surface area contributed by atoms with Crippen molar-refractivity contribution in [1.29, 1.82) is 0 Å². The van der Waals surface area contributed by atoms with Crippen LogP contribution in [-0.2, 0) is 4.79 Å². The topological polar surface area (TPSA) is 70.6 Å². The van der Waals surface area contributed by atoms with Crippen molar-refractivity contribution < 1.29 is 14.4 Å². The summed E-state index contributed by atoms with van der Waals surface area (Å²) >= 11 is 0. The number of benzene rings is 1. The van der Waals surface area contributed by atoms with Gasteiger partial charge in [-0.2, -0.15) is 0 Å². The lowest BCUT2D eigenvalue weighted by Gasteiger charge is -2.27. The van der Waals surface area contributed by atoms with E-state index < -0.39 is 5.91 Å². The molecule has 2 aliphatic heterocycles. The minimum Gasteiger partial charge on any atom is -0.339 e. The number of hydrogen-bond acceptors (Lipinski definition) is 4. The first kappa shape index (κ1) is 17.1. The third-order valence-electron chi connectivity index (χ3n) is 4.99. The van der Waals surface area contributed by atoms with E-state index in [9.17, 15) is 14.4 Å². The van der Waals surface area contributed by atoms with Crippen LogP contribution in [0.3, 0.4) is 0 Å². The summed E-state index contributed by atoms with van der Waals surface area (Å²) in [4.78, 5) is 44.0. The largest absolute Gasteiger partial charge is 0.339 e. The highest BCUT2D eigenvalue weighted by Gasteiger charge is 2.36. The molecule has 0 atom stereocenters. The Hall–Kier alpha value is -3.28. The van der Waals surface area contributed by atoms with Crippen LogP contribution in [0.5, 0.6) is 0 Å². The van der Waals surface area contributed by atoms with Crippen LogP contribution in [0.25, 0.3) is 5.57 Å². The Morgan fingerprint density at radius 1 is 1.04 bits per heavy atom. The summed E-state index contributed by atoms with van der Waals surface area (Å²) in [5, 5.41) is 0. The van der Waals surface area contributed by atoms with Gasteiger partial charge in [0.05, 0.1) is 5.56 Å². The van der Waals surface area contributed by atoms with Crippen molar-refractivity contribution >= 4 is 23.3 Å². The number of rotatable bonds is 4. The maximum absolute atomic E-state index is 12.5. The van der Waals surface area contributed by atoms with Crippen molar-refractivity contribution in [2.24, 2.45) is 0 Å². The standard InChI is InChI=1S/C21H19N3O3/c25-18(23-12-8-16(9-13-23)15-5-2-1-3-6-15)10-14-24-20(26)17-7-4-11-22-19(17)21(24)27/h1-8,11H,9-10,12-14H2. The number of imide groups is 1. The van der Waals surface area contributed by atoms with Gasteiger partial charge < -0.3 is 4.90 Å². The molecule has 1 aromatic heterocycles. The van der Waals surface area contributed by atoms with Gasteiger partial charge in [-0.15, -0.1) is 0 Å². The Kier molecular flexibility index (Phi) is 4.54. The zero-order valence-corrected chi connectivity index (χ0v) is 14.8. The molecule has 0 fully saturated rings. The minimum atomic E-state index is -0.423. The maximum atomic E-state index is 12.5. The third-order valence-corrected chi connectivity index (χ3v) is 4.99. The van der Waals surface area contributed by atoms with E-state index in [1.54, 1.807) is 17.0 Å². The molecular weight excluding hydrogens is 342 g/mol.